The highest BCUT2D eigenvalue weighted by atomic mass is 32.2. The maximum absolute atomic E-state index is 12.5. The van der Waals surface area contributed by atoms with E-state index in [0.29, 0.717) is 12.5 Å². The zero-order valence-electron chi connectivity index (χ0n) is 11.0. The number of nitrogens with zero attached hydrogens (tertiary/aromatic N) is 1. The molecular weight excluding hydrogens is 260 g/mol. The van der Waals surface area contributed by atoms with Crippen LogP contribution in [0.1, 0.15) is 30.4 Å². The lowest BCUT2D eigenvalue weighted by atomic mass is 10.1. The number of rotatable bonds is 4. The molecule has 1 saturated heterocycles. The molecule has 3 rings (SSSR count). The lowest BCUT2D eigenvalue weighted by Crippen LogP contribution is -2.38. The van der Waals surface area contributed by atoms with E-state index in [-0.39, 0.29) is 11.8 Å². The zero-order valence-corrected chi connectivity index (χ0v) is 11.8. The Morgan fingerprint density at radius 1 is 1.26 bits per heavy atom. The first-order valence-corrected chi connectivity index (χ1v) is 8.47. The highest BCUT2D eigenvalue weighted by Gasteiger charge is 2.43. The van der Waals surface area contributed by atoms with Crippen LogP contribution in [-0.2, 0) is 22.3 Å². The van der Waals surface area contributed by atoms with Gasteiger partial charge in [0.2, 0.25) is 10.0 Å². The fourth-order valence-electron chi connectivity index (χ4n) is 3.36. The Bertz CT molecular complexity index is 571. The molecule has 0 aromatic heterocycles. The van der Waals surface area contributed by atoms with Gasteiger partial charge < -0.3 is 5.73 Å². The molecule has 2 bridgehead atoms. The van der Waals surface area contributed by atoms with Crippen LogP contribution in [0, 0.1) is 5.92 Å². The van der Waals surface area contributed by atoms with Gasteiger partial charge in [0.15, 0.2) is 0 Å². The van der Waals surface area contributed by atoms with Crippen LogP contribution in [0.3, 0.4) is 0 Å². The number of hydrogen-bond acceptors (Lipinski definition) is 3. The van der Waals surface area contributed by atoms with E-state index >= 15 is 0 Å². The van der Waals surface area contributed by atoms with Gasteiger partial charge in [0, 0.05) is 19.1 Å². The van der Waals surface area contributed by atoms with Gasteiger partial charge in [-0.1, -0.05) is 24.3 Å². The summed E-state index contributed by atoms with van der Waals surface area (Å²) >= 11 is 0. The van der Waals surface area contributed by atoms with Crippen molar-refractivity contribution in [2.75, 3.05) is 6.54 Å². The van der Waals surface area contributed by atoms with E-state index in [1.165, 1.54) is 6.42 Å². The van der Waals surface area contributed by atoms with Crippen molar-refractivity contribution in [2.45, 2.75) is 37.6 Å². The van der Waals surface area contributed by atoms with Gasteiger partial charge in [0.25, 0.3) is 0 Å². The Morgan fingerprint density at radius 2 is 2.05 bits per heavy atom. The maximum Gasteiger partial charge on any atom is 0.218 e. The summed E-state index contributed by atoms with van der Waals surface area (Å²) in [5.74, 6) is 0.694. The third-order valence-corrected chi connectivity index (χ3v) is 6.15. The minimum absolute atomic E-state index is 0.101. The largest absolute Gasteiger partial charge is 0.326 e. The molecule has 1 heterocycles. The first-order valence-electron chi connectivity index (χ1n) is 6.86. The van der Waals surface area contributed by atoms with Crippen LogP contribution >= 0.6 is 0 Å². The predicted molar refractivity (Wildman–Crippen MR) is 74.8 cm³/mol. The van der Waals surface area contributed by atoms with Crippen LogP contribution in [0.4, 0.5) is 0 Å². The maximum atomic E-state index is 12.5. The molecule has 2 unspecified atom stereocenters. The summed E-state index contributed by atoms with van der Waals surface area (Å²) in [6, 6.07) is 7.82. The highest BCUT2D eigenvalue weighted by molar-refractivity contribution is 7.88. The Labute approximate surface area is 114 Å². The molecular formula is C14H20N2O2S. The summed E-state index contributed by atoms with van der Waals surface area (Å²) in [6.07, 6.45) is 3.29. The van der Waals surface area contributed by atoms with Crippen LogP contribution in [-0.4, -0.2) is 25.3 Å². The number of nitrogens with two attached hydrogens (primary N) is 1. The number of sulfonamides is 1. The summed E-state index contributed by atoms with van der Waals surface area (Å²) in [5.41, 5.74) is 7.41. The average Bonchev–Trinajstić information content (AvgIpc) is 3.01. The van der Waals surface area contributed by atoms with Gasteiger partial charge in [-0.25, -0.2) is 8.42 Å². The minimum Gasteiger partial charge on any atom is -0.326 e. The molecule has 1 aromatic rings. The predicted octanol–water partition coefficient (Wildman–Crippen LogP) is 1.46. The Balaban J connectivity index is 1.78. The molecule has 0 spiro atoms. The molecule has 2 N–H and O–H groups in total. The quantitative estimate of drug-likeness (QED) is 0.908. The van der Waals surface area contributed by atoms with Crippen LogP contribution in [0.15, 0.2) is 24.3 Å². The van der Waals surface area contributed by atoms with Crippen molar-refractivity contribution in [1.82, 2.24) is 4.31 Å². The average molecular weight is 280 g/mol. The standard InChI is InChI=1S/C14H20N2O2S/c15-8-11-2-1-3-13(6-11)10-19(17,18)16-9-12-4-5-14(16)7-12/h1-3,6,12,14H,4-5,7-10,15H2. The third kappa shape index (κ3) is 2.55. The van der Waals surface area contributed by atoms with E-state index in [9.17, 15) is 8.42 Å². The van der Waals surface area contributed by atoms with E-state index in [1.54, 1.807) is 4.31 Å². The van der Waals surface area contributed by atoms with E-state index < -0.39 is 10.0 Å². The van der Waals surface area contributed by atoms with Crippen molar-refractivity contribution in [3.63, 3.8) is 0 Å². The lowest BCUT2D eigenvalue weighted by molar-refractivity contribution is 0.333. The molecule has 1 aliphatic carbocycles. The first kappa shape index (κ1) is 13.1. The Kier molecular flexibility index (Phi) is 3.37. The third-order valence-electron chi connectivity index (χ3n) is 4.29. The molecule has 1 saturated carbocycles. The van der Waals surface area contributed by atoms with Crippen molar-refractivity contribution in [3.8, 4) is 0 Å². The lowest BCUT2D eigenvalue weighted by Gasteiger charge is -2.26. The number of fused-ring (bicyclic) bond motifs is 2. The van der Waals surface area contributed by atoms with Gasteiger partial charge in [0.05, 0.1) is 5.75 Å². The first-order chi connectivity index (χ1) is 9.08. The van der Waals surface area contributed by atoms with Crippen molar-refractivity contribution in [1.29, 1.82) is 0 Å². The zero-order chi connectivity index (χ0) is 13.5. The van der Waals surface area contributed by atoms with Crippen molar-refractivity contribution in [2.24, 2.45) is 11.7 Å². The molecule has 2 atom stereocenters. The molecule has 5 heteroatoms. The normalized spacial score (nSPS) is 27.0. The minimum atomic E-state index is -3.18. The topological polar surface area (TPSA) is 63.4 Å². The van der Waals surface area contributed by atoms with Crippen LogP contribution in [0.2, 0.25) is 0 Å². The summed E-state index contributed by atoms with van der Waals surface area (Å²) in [7, 11) is -3.18. The van der Waals surface area contributed by atoms with Crippen molar-refractivity contribution >= 4 is 10.0 Å². The molecule has 19 heavy (non-hydrogen) atoms. The Hall–Kier alpha value is -0.910. The molecule has 1 aromatic carbocycles. The highest BCUT2D eigenvalue weighted by Crippen LogP contribution is 2.39. The number of piperidine rings is 1. The van der Waals surface area contributed by atoms with Gasteiger partial charge in [0.1, 0.15) is 0 Å². The molecule has 0 amide bonds. The van der Waals surface area contributed by atoms with Gasteiger partial charge >= 0.3 is 0 Å². The van der Waals surface area contributed by atoms with Crippen LogP contribution in [0.5, 0.6) is 0 Å². The molecule has 2 fully saturated rings. The summed E-state index contributed by atoms with van der Waals surface area (Å²) in [4.78, 5) is 0. The molecule has 1 aliphatic heterocycles. The van der Waals surface area contributed by atoms with Gasteiger partial charge in [-0.3, -0.25) is 0 Å². The monoisotopic (exact) mass is 280 g/mol. The second-order valence-corrected chi connectivity index (χ2v) is 7.60. The number of benzene rings is 1. The smallest absolute Gasteiger partial charge is 0.218 e. The fourth-order valence-corrected chi connectivity index (χ4v) is 5.21. The van der Waals surface area contributed by atoms with Gasteiger partial charge in [-0.2, -0.15) is 4.31 Å². The molecule has 2 aliphatic rings. The summed E-state index contributed by atoms with van der Waals surface area (Å²) < 4.78 is 26.7. The molecule has 104 valence electrons. The number of hydrogen-bond donors (Lipinski definition) is 1. The summed E-state index contributed by atoms with van der Waals surface area (Å²) in [6.45, 7) is 1.17. The Morgan fingerprint density at radius 3 is 2.68 bits per heavy atom. The second kappa shape index (κ2) is 4.89. The summed E-state index contributed by atoms with van der Waals surface area (Å²) in [5, 5.41) is 0. The van der Waals surface area contributed by atoms with E-state index in [0.717, 1.165) is 30.5 Å². The van der Waals surface area contributed by atoms with Gasteiger partial charge in [-0.15, -0.1) is 0 Å². The SMILES string of the molecule is NCc1cccc(CS(=O)(=O)N2CC3CCC2C3)c1. The van der Waals surface area contributed by atoms with E-state index in [4.69, 9.17) is 5.73 Å². The molecule has 4 nitrogen and oxygen atoms in total. The van der Waals surface area contributed by atoms with E-state index in [1.807, 2.05) is 24.3 Å². The van der Waals surface area contributed by atoms with Crippen LogP contribution < -0.4 is 5.73 Å². The van der Waals surface area contributed by atoms with Crippen molar-refractivity contribution < 1.29 is 8.42 Å². The van der Waals surface area contributed by atoms with Gasteiger partial charge in [-0.05, 0) is 36.3 Å². The van der Waals surface area contributed by atoms with Crippen molar-refractivity contribution in [3.05, 3.63) is 35.4 Å². The van der Waals surface area contributed by atoms with E-state index in [2.05, 4.69) is 0 Å². The molecule has 0 radical (unpaired) electrons. The fraction of sp³-hybridized carbons (Fsp3) is 0.571. The second-order valence-electron chi connectivity index (χ2n) is 5.68. The van der Waals surface area contributed by atoms with Crippen LogP contribution in [0.25, 0.3) is 0 Å².